The van der Waals surface area contributed by atoms with Crippen molar-refractivity contribution in [2.45, 2.75) is 33.7 Å². The molecule has 5 heteroatoms. The number of aryl methyl sites for hydroxylation is 1. The molecule has 0 radical (unpaired) electrons. The highest BCUT2D eigenvalue weighted by molar-refractivity contribution is 7.09. The molecule has 2 unspecified atom stereocenters. The largest absolute Gasteiger partial charge is 0.332 e. The summed E-state index contributed by atoms with van der Waals surface area (Å²) in [6, 6.07) is 0.0408. The van der Waals surface area contributed by atoms with E-state index in [1.54, 1.807) is 11.3 Å². The third-order valence-electron chi connectivity index (χ3n) is 3.24. The molecule has 18 heavy (non-hydrogen) atoms. The van der Waals surface area contributed by atoms with Gasteiger partial charge in [-0.15, -0.1) is 11.3 Å². The van der Waals surface area contributed by atoms with Crippen molar-refractivity contribution in [1.29, 1.82) is 0 Å². The van der Waals surface area contributed by atoms with Crippen molar-refractivity contribution in [2.75, 3.05) is 13.1 Å². The van der Waals surface area contributed by atoms with E-state index >= 15 is 0 Å². The van der Waals surface area contributed by atoms with Crippen LogP contribution in [0.5, 0.6) is 0 Å². The van der Waals surface area contributed by atoms with Crippen molar-refractivity contribution in [2.24, 2.45) is 11.8 Å². The van der Waals surface area contributed by atoms with E-state index in [4.69, 9.17) is 0 Å². The molecule has 1 saturated heterocycles. The average Bonchev–Trinajstić information content (AvgIpc) is 2.70. The number of hydrogen-bond acceptors (Lipinski definition) is 3. The van der Waals surface area contributed by atoms with Crippen molar-refractivity contribution in [3.8, 4) is 0 Å². The summed E-state index contributed by atoms with van der Waals surface area (Å²) in [4.78, 5) is 18.3. The maximum atomic E-state index is 12.1. The normalized spacial score (nSPS) is 24.1. The average molecular weight is 267 g/mol. The molecule has 1 N–H and O–H groups in total. The number of hydrogen-bond donors (Lipinski definition) is 1. The molecule has 2 atom stereocenters. The Kier molecular flexibility index (Phi) is 4.22. The van der Waals surface area contributed by atoms with E-state index < -0.39 is 0 Å². The van der Waals surface area contributed by atoms with Crippen LogP contribution in [0.1, 0.15) is 31.0 Å². The lowest BCUT2D eigenvalue weighted by molar-refractivity contribution is 0.146. The van der Waals surface area contributed by atoms with E-state index in [0.29, 0.717) is 18.4 Å². The Hall–Kier alpha value is -1.10. The molecule has 4 nitrogen and oxygen atoms in total. The Morgan fingerprint density at radius 1 is 1.50 bits per heavy atom. The van der Waals surface area contributed by atoms with Gasteiger partial charge in [0.15, 0.2) is 0 Å². The van der Waals surface area contributed by atoms with Crippen LogP contribution in [-0.2, 0) is 6.54 Å². The molecular formula is C13H21N3OS. The van der Waals surface area contributed by atoms with Gasteiger partial charge in [-0.2, -0.15) is 0 Å². The summed E-state index contributed by atoms with van der Waals surface area (Å²) in [6.07, 6.45) is 1.22. The van der Waals surface area contributed by atoms with Crippen LogP contribution in [0.15, 0.2) is 5.38 Å². The molecule has 100 valence electrons. The summed E-state index contributed by atoms with van der Waals surface area (Å²) in [5.41, 5.74) is 0.948. The summed E-state index contributed by atoms with van der Waals surface area (Å²) in [7, 11) is 0. The summed E-state index contributed by atoms with van der Waals surface area (Å²) in [6.45, 7) is 8.66. The Bertz CT molecular complexity index is 408. The fourth-order valence-corrected chi connectivity index (χ4v) is 3.21. The Labute approximate surface area is 112 Å². The molecule has 1 aromatic rings. The van der Waals surface area contributed by atoms with Gasteiger partial charge < -0.3 is 10.2 Å². The highest BCUT2D eigenvalue weighted by Gasteiger charge is 2.25. The first-order chi connectivity index (χ1) is 8.54. The molecular weight excluding hydrogens is 246 g/mol. The standard InChI is InChI=1S/C13H21N3OS/c1-9-4-10(2)7-16(6-9)13(17)14-5-12-8-18-11(3)15-12/h8-10H,4-7H2,1-3H3,(H,14,17). The zero-order valence-corrected chi connectivity index (χ0v) is 12.1. The molecule has 1 aliphatic heterocycles. The van der Waals surface area contributed by atoms with Crippen LogP contribution in [0.3, 0.4) is 0 Å². The molecule has 0 saturated carbocycles. The van der Waals surface area contributed by atoms with E-state index in [-0.39, 0.29) is 6.03 Å². The van der Waals surface area contributed by atoms with E-state index in [1.807, 2.05) is 17.2 Å². The molecule has 1 fully saturated rings. The summed E-state index contributed by atoms with van der Waals surface area (Å²) in [5, 5.41) is 5.99. The van der Waals surface area contributed by atoms with Crippen molar-refractivity contribution < 1.29 is 4.79 Å². The van der Waals surface area contributed by atoms with Crippen molar-refractivity contribution in [3.63, 3.8) is 0 Å². The second-order valence-corrected chi connectivity index (χ2v) is 6.43. The van der Waals surface area contributed by atoms with Gasteiger partial charge in [0.05, 0.1) is 17.2 Å². The minimum absolute atomic E-state index is 0.0408. The summed E-state index contributed by atoms with van der Waals surface area (Å²) >= 11 is 1.62. The Balaban J connectivity index is 1.84. The fourth-order valence-electron chi connectivity index (χ4n) is 2.60. The maximum Gasteiger partial charge on any atom is 0.317 e. The zero-order chi connectivity index (χ0) is 13.1. The fraction of sp³-hybridized carbons (Fsp3) is 0.692. The lowest BCUT2D eigenvalue weighted by Gasteiger charge is -2.34. The molecule has 0 bridgehead atoms. The highest BCUT2D eigenvalue weighted by atomic mass is 32.1. The van der Waals surface area contributed by atoms with Gasteiger partial charge in [0.25, 0.3) is 0 Å². The SMILES string of the molecule is Cc1nc(CNC(=O)N2CC(C)CC(C)C2)cs1. The van der Waals surface area contributed by atoms with Crippen LogP contribution < -0.4 is 5.32 Å². The Morgan fingerprint density at radius 2 is 2.17 bits per heavy atom. The minimum atomic E-state index is 0.0408. The van der Waals surface area contributed by atoms with Gasteiger partial charge in [-0.05, 0) is 25.2 Å². The van der Waals surface area contributed by atoms with Gasteiger partial charge >= 0.3 is 6.03 Å². The zero-order valence-electron chi connectivity index (χ0n) is 11.3. The number of nitrogens with one attached hydrogen (secondary N) is 1. The van der Waals surface area contributed by atoms with Gasteiger partial charge in [-0.25, -0.2) is 9.78 Å². The van der Waals surface area contributed by atoms with Crippen LogP contribution in [0, 0.1) is 18.8 Å². The number of nitrogens with zero attached hydrogens (tertiary/aromatic N) is 2. The van der Waals surface area contributed by atoms with Crippen molar-refractivity contribution >= 4 is 17.4 Å². The first-order valence-electron chi connectivity index (χ1n) is 6.48. The number of piperidine rings is 1. The summed E-state index contributed by atoms with van der Waals surface area (Å²) in [5.74, 6) is 1.20. The van der Waals surface area contributed by atoms with Crippen LogP contribution in [-0.4, -0.2) is 29.0 Å². The third-order valence-corrected chi connectivity index (χ3v) is 4.07. The van der Waals surface area contributed by atoms with E-state index in [2.05, 4.69) is 24.1 Å². The molecule has 0 spiro atoms. The smallest absolute Gasteiger partial charge is 0.317 e. The molecule has 0 aromatic carbocycles. The number of rotatable bonds is 2. The van der Waals surface area contributed by atoms with Crippen molar-refractivity contribution in [3.05, 3.63) is 16.1 Å². The van der Waals surface area contributed by atoms with Gasteiger partial charge in [0, 0.05) is 18.5 Å². The quantitative estimate of drug-likeness (QED) is 0.895. The number of carbonyl (C=O) groups is 1. The van der Waals surface area contributed by atoms with Crippen molar-refractivity contribution in [1.82, 2.24) is 15.2 Å². The molecule has 2 heterocycles. The van der Waals surface area contributed by atoms with Gasteiger partial charge in [0.1, 0.15) is 0 Å². The van der Waals surface area contributed by atoms with Crippen LogP contribution in [0.4, 0.5) is 4.79 Å². The number of likely N-dealkylation sites (tertiary alicyclic amines) is 1. The van der Waals surface area contributed by atoms with E-state index in [1.165, 1.54) is 6.42 Å². The number of amides is 2. The van der Waals surface area contributed by atoms with E-state index in [9.17, 15) is 4.79 Å². The first-order valence-corrected chi connectivity index (χ1v) is 7.36. The Morgan fingerprint density at radius 3 is 2.72 bits per heavy atom. The molecule has 0 aliphatic carbocycles. The second kappa shape index (κ2) is 5.69. The maximum absolute atomic E-state index is 12.1. The second-order valence-electron chi connectivity index (χ2n) is 5.37. The predicted molar refractivity (Wildman–Crippen MR) is 73.6 cm³/mol. The lowest BCUT2D eigenvalue weighted by Crippen LogP contribution is -2.47. The minimum Gasteiger partial charge on any atom is -0.332 e. The predicted octanol–water partition coefficient (Wildman–Crippen LogP) is 2.64. The van der Waals surface area contributed by atoms with E-state index in [0.717, 1.165) is 23.8 Å². The molecule has 1 aliphatic rings. The number of thiazole rings is 1. The molecule has 1 aromatic heterocycles. The lowest BCUT2D eigenvalue weighted by atomic mass is 9.92. The third kappa shape index (κ3) is 3.45. The molecule has 2 amide bonds. The van der Waals surface area contributed by atoms with Crippen LogP contribution >= 0.6 is 11.3 Å². The van der Waals surface area contributed by atoms with Gasteiger partial charge in [-0.3, -0.25) is 0 Å². The first kappa shape index (κ1) is 13.3. The topological polar surface area (TPSA) is 45.2 Å². The van der Waals surface area contributed by atoms with Gasteiger partial charge in [0.2, 0.25) is 0 Å². The number of aromatic nitrogens is 1. The number of carbonyl (C=O) groups excluding carboxylic acids is 1. The summed E-state index contributed by atoms with van der Waals surface area (Å²) < 4.78 is 0. The van der Waals surface area contributed by atoms with Gasteiger partial charge in [-0.1, -0.05) is 13.8 Å². The van der Waals surface area contributed by atoms with Crippen LogP contribution in [0.25, 0.3) is 0 Å². The highest BCUT2D eigenvalue weighted by Crippen LogP contribution is 2.20. The van der Waals surface area contributed by atoms with Crippen LogP contribution in [0.2, 0.25) is 0 Å². The monoisotopic (exact) mass is 267 g/mol. The number of urea groups is 1. The molecule has 2 rings (SSSR count).